The van der Waals surface area contributed by atoms with E-state index in [1.54, 1.807) is 0 Å². The molecule has 0 unspecified atom stereocenters. The molecule has 0 atom stereocenters. The van der Waals surface area contributed by atoms with E-state index in [9.17, 15) is 0 Å². The Balaban J connectivity index is 1.20. The van der Waals surface area contributed by atoms with Crippen molar-refractivity contribution in [2.24, 2.45) is 0 Å². The van der Waals surface area contributed by atoms with E-state index in [0.717, 1.165) is 23.2 Å². The molecule has 3 heteroatoms. The first-order valence-electron chi connectivity index (χ1n) is 12.2. The van der Waals surface area contributed by atoms with Crippen LogP contribution in [-0.4, -0.2) is 0 Å². The van der Waals surface area contributed by atoms with Gasteiger partial charge in [-0.3, -0.25) is 0 Å². The van der Waals surface area contributed by atoms with Crippen LogP contribution in [0.2, 0.25) is 0 Å². The van der Waals surface area contributed by atoms with E-state index in [1.807, 2.05) is 24.3 Å². The normalized spacial score (nSPS) is 12.2. The summed E-state index contributed by atoms with van der Waals surface area (Å²) in [6.45, 7) is 0. The molecule has 1 heterocycles. The van der Waals surface area contributed by atoms with Crippen LogP contribution in [0.1, 0.15) is 11.1 Å². The van der Waals surface area contributed by atoms with Crippen LogP contribution < -0.4 is 16.8 Å². The standard InChI is InChI=1S/C33H25N3/c34-30-10-7-22-13-20(1-3-25(22)17-30)24-9-12-32-29(15-24)16-28-6-5-27(19-33(28)36-32)21-2-4-26-18-31(35)11-8-23(26)14-21/h1-15,17-19,36H,16,34-35H2. The Bertz CT molecular complexity index is 1680. The Labute approximate surface area is 210 Å². The molecule has 0 saturated carbocycles. The van der Waals surface area contributed by atoms with Crippen LogP contribution in [-0.2, 0) is 6.42 Å². The number of anilines is 4. The molecule has 0 fully saturated rings. The minimum absolute atomic E-state index is 0.792. The molecule has 0 aromatic heterocycles. The minimum atomic E-state index is 0.792. The molecule has 0 aliphatic carbocycles. The number of fused-ring (bicyclic) bond motifs is 4. The van der Waals surface area contributed by atoms with Crippen LogP contribution in [0.5, 0.6) is 0 Å². The number of hydrogen-bond acceptors (Lipinski definition) is 3. The fourth-order valence-electron chi connectivity index (χ4n) is 5.31. The highest BCUT2D eigenvalue weighted by Gasteiger charge is 2.17. The van der Waals surface area contributed by atoms with Crippen LogP contribution in [0.3, 0.4) is 0 Å². The monoisotopic (exact) mass is 463 g/mol. The first-order chi connectivity index (χ1) is 17.6. The van der Waals surface area contributed by atoms with E-state index >= 15 is 0 Å². The second-order valence-corrected chi connectivity index (χ2v) is 9.69. The number of rotatable bonds is 2. The predicted octanol–water partition coefficient (Wildman–Crippen LogP) is 8.14. The Hall–Kier alpha value is -4.76. The summed E-state index contributed by atoms with van der Waals surface area (Å²) in [5, 5.41) is 8.41. The third kappa shape index (κ3) is 3.53. The van der Waals surface area contributed by atoms with Crippen LogP contribution in [0.25, 0.3) is 43.8 Å². The summed E-state index contributed by atoms with van der Waals surface area (Å²) < 4.78 is 0. The topological polar surface area (TPSA) is 64.1 Å². The largest absolute Gasteiger partial charge is 0.399 e. The fraction of sp³-hybridized carbons (Fsp3) is 0.0303. The van der Waals surface area contributed by atoms with Gasteiger partial charge in [0.1, 0.15) is 0 Å². The molecule has 0 saturated heterocycles. The van der Waals surface area contributed by atoms with Crippen LogP contribution in [0.15, 0.2) is 109 Å². The number of benzene rings is 6. The first kappa shape index (κ1) is 20.6. The van der Waals surface area contributed by atoms with Crippen LogP contribution in [0.4, 0.5) is 22.7 Å². The van der Waals surface area contributed by atoms with Gasteiger partial charge < -0.3 is 16.8 Å². The Morgan fingerprint density at radius 3 is 1.58 bits per heavy atom. The first-order valence-corrected chi connectivity index (χ1v) is 12.2. The molecular weight excluding hydrogens is 438 g/mol. The van der Waals surface area contributed by atoms with Gasteiger partial charge in [0.15, 0.2) is 0 Å². The molecule has 0 radical (unpaired) electrons. The minimum Gasteiger partial charge on any atom is -0.399 e. The van der Waals surface area contributed by atoms with Gasteiger partial charge in [-0.1, -0.05) is 54.6 Å². The maximum Gasteiger partial charge on any atom is 0.0426 e. The fourth-order valence-corrected chi connectivity index (χ4v) is 5.31. The molecule has 1 aliphatic rings. The Morgan fingerprint density at radius 2 is 0.917 bits per heavy atom. The van der Waals surface area contributed by atoms with E-state index in [0.29, 0.717) is 0 Å². The maximum absolute atomic E-state index is 5.95. The van der Waals surface area contributed by atoms with E-state index < -0.39 is 0 Å². The molecule has 5 N–H and O–H groups in total. The average molecular weight is 464 g/mol. The summed E-state index contributed by atoms with van der Waals surface area (Å²) in [5.41, 5.74) is 23.3. The smallest absolute Gasteiger partial charge is 0.0426 e. The van der Waals surface area contributed by atoms with Crippen molar-refractivity contribution in [1.29, 1.82) is 0 Å². The maximum atomic E-state index is 5.95. The van der Waals surface area contributed by atoms with Crippen molar-refractivity contribution in [2.75, 3.05) is 16.8 Å². The lowest BCUT2D eigenvalue weighted by atomic mass is 9.91. The average Bonchev–Trinajstić information content (AvgIpc) is 2.90. The molecule has 0 bridgehead atoms. The van der Waals surface area contributed by atoms with Crippen LogP contribution >= 0.6 is 0 Å². The molecule has 7 rings (SSSR count). The highest BCUT2D eigenvalue weighted by molar-refractivity contribution is 5.91. The van der Waals surface area contributed by atoms with Gasteiger partial charge in [0.2, 0.25) is 0 Å². The van der Waals surface area contributed by atoms with Gasteiger partial charge in [0.05, 0.1) is 0 Å². The molecule has 3 nitrogen and oxygen atoms in total. The van der Waals surface area contributed by atoms with Crippen molar-refractivity contribution in [3.05, 3.63) is 120 Å². The molecule has 6 aromatic rings. The van der Waals surface area contributed by atoms with E-state index in [4.69, 9.17) is 11.5 Å². The zero-order valence-electron chi connectivity index (χ0n) is 19.8. The van der Waals surface area contributed by atoms with Crippen molar-refractivity contribution >= 4 is 44.3 Å². The van der Waals surface area contributed by atoms with Crippen LogP contribution in [0, 0.1) is 0 Å². The second kappa shape index (κ2) is 7.89. The van der Waals surface area contributed by atoms with Crippen molar-refractivity contribution in [2.45, 2.75) is 6.42 Å². The molecule has 6 aromatic carbocycles. The quantitative estimate of drug-likeness (QED) is 0.227. The molecule has 0 amide bonds. The summed E-state index contributed by atoms with van der Waals surface area (Å²) >= 11 is 0. The van der Waals surface area contributed by atoms with Gasteiger partial charge in [-0.25, -0.2) is 0 Å². The highest BCUT2D eigenvalue weighted by Crippen LogP contribution is 2.38. The zero-order valence-corrected chi connectivity index (χ0v) is 19.8. The van der Waals surface area contributed by atoms with Crippen molar-refractivity contribution in [3.8, 4) is 22.3 Å². The van der Waals surface area contributed by atoms with Gasteiger partial charge >= 0.3 is 0 Å². The van der Waals surface area contributed by atoms with Crippen molar-refractivity contribution in [3.63, 3.8) is 0 Å². The number of nitrogens with two attached hydrogens (primary N) is 2. The summed E-state index contributed by atoms with van der Waals surface area (Å²) in [6, 6.07) is 38.7. The molecule has 36 heavy (non-hydrogen) atoms. The van der Waals surface area contributed by atoms with Gasteiger partial charge in [-0.2, -0.15) is 0 Å². The van der Waals surface area contributed by atoms with Gasteiger partial charge in [0, 0.05) is 29.2 Å². The van der Waals surface area contributed by atoms with Gasteiger partial charge in [0.25, 0.3) is 0 Å². The van der Waals surface area contributed by atoms with Crippen molar-refractivity contribution < 1.29 is 0 Å². The van der Waals surface area contributed by atoms with E-state index in [2.05, 4.69) is 90.2 Å². The molecule has 172 valence electrons. The SMILES string of the molecule is Nc1ccc2cc(-c3ccc4c(c3)Cc3ccc(-c5ccc6cc(N)ccc6c5)cc3N4)ccc2c1. The Morgan fingerprint density at radius 1 is 0.417 bits per heavy atom. The third-order valence-corrected chi connectivity index (χ3v) is 7.26. The summed E-state index contributed by atoms with van der Waals surface area (Å²) in [4.78, 5) is 0. The summed E-state index contributed by atoms with van der Waals surface area (Å²) in [6.07, 6.45) is 0.910. The Kier molecular flexibility index (Phi) is 4.52. The van der Waals surface area contributed by atoms with E-state index in [-0.39, 0.29) is 0 Å². The summed E-state index contributed by atoms with van der Waals surface area (Å²) in [7, 11) is 0. The zero-order chi connectivity index (χ0) is 24.2. The molecular formula is C33H25N3. The summed E-state index contributed by atoms with van der Waals surface area (Å²) in [5.74, 6) is 0. The lowest BCUT2D eigenvalue weighted by Gasteiger charge is -2.23. The molecule has 0 spiro atoms. The van der Waals surface area contributed by atoms with Gasteiger partial charge in [-0.15, -0.1) is 0 Å². The third-order valence-electron chi connectivity index (χ3n) is 7.26. The lowest BCUT2D eigenvalue weighted by Crippen LogP contribution is -2.07. The molecule has 1 aliphatic heterocycles. The number of hydrogen-bond donors (Lipinski definition) is 3. The second-order valence-electron chi connectivity index (χ2n) is 9.69. The van der Waals surface area contributed by atoms with Gasteiger partial charge in [-0.05, 0) is 110 Å². The number of nitrogens with one attached hydrogen (secondary N) is 1. The van der Waals surface area contributed by atoms with E-state index in [1.165, 1.54) is 60.9 Å². The number of nitrogen functional groups attached to an aromatic ring is 2. The predicted molar refractivity (Wildman–Crippen MR) is 154 cm³/mol. The highest BCUT2D eigenvalue weighted by atomic mass is 14.9. The lowest BCUT2D eigenvalue weighted by molar-refractivity contribution is 1.16. The van der Waals surface area contributed by atoms with Crippen molar-refractivity contribution in [1.82, 2.24) is 0 Å².